The zero-order valence-corrected chi connectivity index (χ0v) is 36.1. The minimum absolute atomic E-state index is 0.0142. The zero-order chi connectivity index (χ0) is 43.9. The van der Waals surface area contributed by atoms with Crippen LogP contribution in [0.15, 0.2) is 94.8 Å². The molecule has 0 saturated carbocycles. The van der Waals surface area contributed by atoms with Crippen LogP contribution in [0.5, 0.6) is 0 Å². The number of hydrogen-bond acceptors (Lipinski definition) is 10. The number of aliphatic hydroxyl groups is 2. The molecule has 14 heteroatoms. The molecule has 0 aliphatic carbocycles. The lowest BCUT2D eigenvalue weighted by atomic mass is 9.88. The van der Waals surface area contributed by atoms with Crippen LogP contribution in [-0.2, 0) is 35.8 Å². The second kappa shape index (κ2) is 20.1. The molecule has 0 bridgehead atoms. The van der Waals surface area contributed by atoms with Gasteiger partial charge in [0.2, 0.25) is 11.8 Å². The summed E-state index contributed by atoms with van der Waals surface area (Å²) in [7, 11) is 0. The largest absolute Gasteiger partial charge is 0.396 e. The van der Waals surface area contributed by atoms with E-state index in [1.165, 1.54) is 0 Å². The molecule has 2 amide bonds. The van der Waals surface area contributed by atoms with Crippen LogP contribution in [0.2, 0.25) is 0 Å². The van der Waals surface area contributed by atoms with Crippen molar-refractivity contribution in [1.29, 1.82) is 0 Å². The van der Waals surface area contributed by atoms with Crippen molar-refractivity contribution in [1.82, 2.24) is 39.5 Å². The SMILES string of the molecule is C/C=C/c1ccc2n(c1=O)C[C@H]1[C@H](CO)[C@@H](C(=O)NCCC)N(Cc3ccccn3)[C@@H]21.C/C=C\c1ccc2n(c1=O)C[C@H]1[C@H](CO)[C@@H](C(=O)NCCC)N(Cc3ccccn3)[C@@H]21. The van der Waals surface area contributed by atoms with E-state index in [2.05, 4.69) is 30.4 Å². The van der Waals surface area contributed by atoms with Gasteiger partial charge in [-0.05, 0) is 75.2 Å². The first-order valence-corrected chi connectivity index (χ1v) is 22.0. The van der Waals surface area contributed by atoms with E-state index in [1.807, 2.05) is 122 Å². The highest BCUT2D eigenvalue weighted by Crippen LogP contribution is 2.51. The number of hydrogen-bond donors (Lipinski definition) is 4. The third-order valence-corrected chi connectivity index (χ3v) is 12.9. The van der Waals surface area contributed by atoms with Gasteiger partial charge in [0, 0.05) is 111 Å². The van der Waals surface area contributed by atoms with Gasteiger partial charge in [-0.15, -0.1) is 0 Å². The molecule has 4 aromatic rings. The number of allylic oxidation sites excluding steroid dienone is 2. The summed E-state index contributed by atoms with van der Waals surface area (Å²) < 4.78 is 3.64. The van der Waals surface area contributed by atoms with Crippen LogP contribution < -0.4 is 21.8 Å². The number of amides is 2. The highest BCUT2D eigenvalue weighted by Gasteiger charge is 2.57. The fourth-order valence-electron chi connectivity index (χ4n) is 10.3. The van der Waals surface area contributed by atoms with Crippen molar-refractivity contribution in [3.8, 4) is 0 Å². The van der Waals surface area contributed by atoms with Gasteiger partial charge in [0.15, 0.2) is 0 Å². The molecule has 8 atom stereocenters. The molecular weight excluding hydrogens is 785 g/mol. The molecule has 0 radical (unpaired) electrons. The van der Waals surface area contributed by atoms with Crippen molar-refractivity contribution < 1.29 is 19.8 Å². The van der Waals surface area contributed by atoms with Crippen LogP contribution >= 0.6 is 0 Å². The third kappa shape index (κ3) is 8.61. The molecule has 2 fully saturated rings. The van der Waals surface area contributed by atoms with Crippen molar-refractivity contribution in [2.45, 2.75) is 90.9 Å². The Morgan fingerprint density at radius 1 is 0.661 bits per heavy atom. The van der Waals surface area contributed by atoms with Crippen molar-refractivity contribution in [2.75, 3.05) is 26.3 Å². The van der Waals surface area contributed by atoms with Crippen molar-refractivity contribution >= 4 is 24.0 Å². The van der Waals surface area contributed by atoms with Crippen molar-refractivity contribution in [2.24, 2.45) is 23.7 Å². The number of aromatic nitrogens is 4. The molecule has 328 valence electrons. The van der Waals surface area contributed by atoms with E-state index in [0.29, 0.717) is 50.4 Å². The Hall–Kier alpha value is -5.54. The number of likely N-dealkylation sites (tertiary alicyclic amines) is 2. The van der Waals surface area contributed by atoms with E-state index in [4.69, 9.17) is 0 Å². The van der Waals surface area contributed by atoms with Crippen LogP contribution in [-0.4, -0.2) is 89.3 Å². The van der Waals surface area contributed by atoms with Crippen molar-refractivity contribution in [3.05, 3.63) is 140 Å². The number of carbonyl (C=O) groups is 2. The Morgan fingerprint density at radius 2 is 1.08 bits per heavy atom. The van der Waals surface area contributed by atoms with Crippen LogP contribution in [0.1, 0.15) is 86.5 Å². The summed E-state index contributed by atoms with van der Waals surface area (Å²) in [6, 6.07) is 18.0. The van der Waals surface area contributed by atoms with Gasteiger partial charge < -0.3 is 30.0 Å². The Morgan fingerprint density at radius 3 is 1.42 bits per heavy atom. The number of fused-ring (bicyclic) bond motifs is 6. The summed E-state index contributed by atoms with van der Waals surface area (Å²) in [6.45, 7) is 10.8. The molecule has 14 nitrogen and oxygen atoms in total. The van der Waals surface area contributed by atoms with Gasteiger partial charge in [0.05, 0.1) is 35.6 Å². The van der Waals surface area contributed by atoms with E-state index in [1.54, 1.807) is 12.4 Å². The summed E-state index contributed by atoms with van der Waals surface area (Å²) >= 11 is 0. The molecular formula is C48H60N8O6. The Bertz CT molecular complexity index is 2200. The van der Waals surface area contributed by atoms with Crippen LogP contribution in [0.4, 0.5) is 0 Å². The van der Waals surface area contributed by atoms with Gasteiger partial charge in [0.25, 0.3) is 11.1 Å². The van der Waals surface area contributed by atoms with E-state index in [0.717, 1.165) is 35.6 Å². The lowest BCUT2D eigenvalue weighted by molar-refractivity contribution is -0.128. The third-order valence-electron chi connectivity index (χ3n) is 12.9. The molecule has 4 aromatic heterocycles. The second-order valence-corrected chi connectivity index (χ2v) is 16.6. The Kier molecular flexibility index (Phi) is 14.4. The average molecular weight is 845 g/mol. The summed E-state index contributed by atoms with van der Waals surface area (Å²) in [4.78, 5) is 65.6. The van der Waals surface area contributed by atoms with Gasteiger partial charge in [-0.1, -0.05) is 50.3 Å². The Balaban J connectivity index is 0.000000186. The number of aliphatic hydroxyl groups excluding tert-OH is 2. The monoisotopic (exact) mass is 844 g/mol. The number of nitrogens with zero attached hydrogens (tertiary/aromatic N) is 6. The average Bonchev–Trinajstić information content (AvgIpc) is 4.02. The van der Waals surface area contributed by atoms with E-state index < -0.39 is 12.1 Å². The fraction of sp³-hybridized carbons (Fsp3) is 0.458. The standard InChI is InChI=1S/2C24H30N4O3/c2*1-3-7-16-9-10-20-21-18(14-27(20)24(16)31)19(15-29)22(23(30)26-11-4-2)28(21)13-17-8-5-6-12-25-17/h2*3,5-10,12,18-19,21-22,29H,4,11,13-15H2,1-2H3,(H,26,30)/b7-3+;7-3-/t2*18-,19-,21+,22-/m00/s1. The summed E-state index contributed by atoms with van der Waals surface area (Å²) in [5.74, 6) is -0.666. The second-order valence-electron chi connectivity index (χ2n) is 16.6. The molecule has 4 aliphatic heterocycles. The topological polar surface area (TPSA) is 175 Å². The molecule has 4 aliphatic rings. The summed E-state index contributed by atoms with van der Waals surface area (Å²) in [6.07, 6.45) is 12.5. The first-order valence-electron chi connectivity index (χ1n) is 22.0. The summed E-state index contributed by atoms with van der Waals surface area (Å²) in [5, 5.41) is 26.6. The maximum Gasteiger partial charge on any atom is 0.258 e. The first-order chi connectivity index (χ1) is 30.2. The number of pyridine rings is 4. The van der Waals surface area contributed by atoms with Crippen LogP contribution in [0, 0.1) is 23.7 Å². The zero-order valence-electron chi connectivity index (χ0n) is 36.1. The highest BCUT2D eigenvalue weighted by molar-refractivity contribution is 5.83. The summed E-state index contributed by atoms with van der Waals surface area (Å²) in [5.41, 5.74) is 4.80. The van der Waals surface area contributed by atoms with Gasteiger partial charge in [0.1, 0.15) is 0 Å². The van der Waals surface area contributed by atoms with Gasteiger partial charge in [-0.2, -0.15) is 0 Å². The van der Waals surface area contributed by atoms with Gasteiger partial charge in [-0.25, -0.2) is 0 Å². The molecule has 4 N–H and O–H groups in total. The number of nitrogens with one attached hydrogen (secondary N) is 2. The predicted molar refractivity (Wildman–Crippen MR) is 238 cm³/mol. The minimum atomic E-state index is -0.465. The lowest BCUT2D eigenvalue weighted by Gasteiger charge is -2.30. The quantitative estimate of drug-likeness (QED) is 0.146. The molecule has 0 aromatic carbocycles. The van der Waals surface area contributed by atoms with Gasteiger partial charge >= 0.3 is 0 Å². The molecule has 0 spiro atoms. The normalized spacial score (nSPS) is 25.0. The van der Waals surface area contributed by atoms with Crippen LogP contribution in [0.25, 0.3) is 12.2 Å². The van der Waals surface area contributed by atoms with Crippen LogP contribution in [0.3, 0.4) is 0 Å². The molecule has 2 saturated heterocycles. The molecule has 8 rings (SSSR count). The van der Waals surface area contributed by atoms with Gasteiger partial charge in [-0.3, -0.25) is 38.9 Å². The maximum absolute atomic E-state index is 13.2. The predicted octanol–water partition coefficient (Wildman–Crippen LogP) is 3.93. The number of rotatable bonds is 14. The van der Waals surface area contributed by atoms with E-state index in [-0.39, 0.29) is 71.9 Å². The van der Waals surface area contributed by atoms with Crippen molar-refractivity contribution in [3.63, 3.8) is 0 Å². The Labute approximate surface area is 363 Å². The molecule has 0 unspecified atom stereocenters. The highest BCUT2D eigenvalue weighted by atomic mass is 16.3. The number of carbonyl (C=O) groups excluding carboxylic acids is 2. The fourth-order valence-corrected chi connectivity index (χ4v) is 10.3. The van der Waals surface area contributed by atoms with E-state index in [9.17, 15) is 29.4 Å². The molecule has 62 heavy (non-hydrogen) atoms. The molecule has 8 heterocycles. The smallest absolute Gasteiger partial charge is 0.258 e. The maximum atomic E-state index is 13.2. The first kappa shape index (κ1) is 44.5. The minimum Gasteiger partial charge on any atom is -0.396 e. The lowest BCUT2D eigenvalue weighted by Crippen LogP contribution is -2.48. The van der Waals surface area contributed by atoms with E-state index >= 15 is 0 Å².